The summed E-state index contributed by atoms with van der Waals surface area (Å²) in [6.07, 6.45) is 20.2. The van der Waals surface area contributed by atoms with Gasteiger partial charge in [-0.25, -0.2) is 4.79 Å². The topological polar surface area (TPSA) is 67.8 Å². The number of unbranched alkanes of at least 4 members (excludes halogenated alkanes) is 15. The fraction of sp³-hybridized carbons (Fsp3) is 0.958. The zero-order valence-electron chi connectivity index (χ0n) is 19.5. The molecule has 0 radical (unpaired) electrons. The predicted molar refractivity (Wildman–Crippen MR) is 126 cm³/mol. The largest absolute Gasteiger partial charge is 0.447 e. The molecule has 1 atom stereocenters. The van der Waals surface area contributed by atoms with Crippen molar-refractivity contribution in [2.24, 2.45) is 0 Å². The van der Waals surface area contributed by atoms with Crippen LogP contribution >= 0.6 is 11.6 Å². The van der Waals surface area contributed by atoms with Crippen LogP contribution in [0.5, 0.6) is 0 Å². The van der Waals surface area contributed by atoms with Crippen LogP contribution < -0.4 is 5.32 Å². The van der Waals surface area contributed by atoms with Crippen LogP contribution in [0.3, 0.4) is 0 Å². The molecule has 2 N–H and O–H groups in total. The molecule has 5 nitrogen and oxygen atoms in total. The first-order chi connectivity index (χ1) is 14.7. The maximum atomic E-state index is 11.2. The second-order valence-electron chi connectivity index (χ2n) is 8.25. The van der Waals surface area contributed by atoms with Gasteiger partial charge in [0.05, 0.1) is 6.61 Å². The Morgan fingerprint density at radius 2 is 1.27 bits per heavy atom. The van der Waals surface area contributed by atoms with Crippen molar-refractivity contribution in [2.45, 2.75) is 116 Å². The SMILES string of the molecule is CCCCCCCCCCCCCCCCCCOC[C@@H](O)COC(=O)NCCCl. The minimum atomic E-state index is -0.784. The smallest absolute Gasteiger partial charge is 0.407 e. The molecule has 0 aliphatic rings. The van der Waals surface area contributed by atoms with Crippen molar-refractivity contribution >= 4 is 17.7 Å². The monoisotopic (exact) mass is 449 g/mol. The summed E-state index contributed by atoms with van der Waals surface area (Å²) in [7, 11) is 0. The molecule has 0 heterocycles. The summed E-state index contributed by atoms with van der Waals surface area (Å²) < 4.78 is 10.3. The third-order valence-electron chi connectivity index (χ3n) is 5.22. The Morgan fingerprint density at radius 3 is 1.73 bits per heavy atom. The second kappa shape index (κ2) is 24.7. The first-order valence-electron chi connectivity index (χ1n) is 12.4. The van der Waals surface area contributed by atoms with Crippen LogP contribution in [-0.4, -0.2) is 49.5 Å². The van der Waals surface area contributed by atoms with E-state index in [0.717, 1.165) is 6.42 Å². The van der Waals surface area contributed by atoms with Crippen molar-refractivity contribution < 1.29 is 19.4 Å². The van der Waals surface area contributed by atoms with Crippen molar-refractivity contribution in [3.8, 4) is 0 Å². The highest BCUT2D eigenvalue weighted by Gasteiger charge is 2.08. The molecule has 0 aliphatic heterocycles. The Kier molecular flexibility index (Phi) is 24.3. The van der Waals surface area contributed by atoms with Gasteiger partial charge in [-0.05, 0) is 6.42 Å². The van der Waals surface area contributed by atoms with Gasteiger partial charge in [-0.2, -0.15) is 0 Å². The van der Waals surface area contributed by atoms with Gasteiger partial charge in [-0.15, -0.1) is 11.6 Å². The Labute approximate surface area is 190 Å². The number of hydrogen-bond donors (Lipinski definition) is 2. The Balaban J connectivity index is 3.16. The lowest BCUT2D eigenvalue weighted by Gasteiger charge is -2.12. The molecule has 0 unspecified atom stereocenters. The van der Waals surface area contributed by atoms with Crippen molar-refractivity contribution in [3.63, 3.8) is 0 Å². The van der Waals surface area contributed by atoms with Gasteiger partial charge >= 0.3 is 6.09 Å². The molecule has 0 bridgehead atoms. The molecule has 30 heavy (non-hydrogen) atoms. The van der Waals surface area contributed by atoms with Crippen molar-refractivity contribution in [1.82, 2.24) is 5.32 Å². The number of amides is 1. The van der Waals surface area contributed by atoms with Crippen LogP contribution in [0.1, 0.15) is 110 Å². The summed E-state index contributed by atoms with van der Waals surface area (Å²) in [6, 6.07) is 0. The summed E-state index contributed by atoms with van der Waals surface area (Å²) in [5.41, 5.74) is 0. The predicted octanol–water partition coefficient (Wildman–Crippen LogP) is 6.59. The number of rotatable bonds is 23. The molecule has 0 aromatic heterocycles. The second-order valence-corrected chi connectivity index (χ2v) is 8.62. The Bertz CT molecular complexity index is 358. The van der Waals surface area contributed by atoms with Crippen LogP contribution in [-0.2, 0) is 9.47 Å². The fourth-order valence-corrected chi connectivity index (χ4v) is 3.49. The third kappa shape index (κ3) is 23.8. The summed E-state index contributed by atoms with van der Waals surface area (Å²) in [4.78, 5) is 11.2. The summed E-state index contributed by atoms with van der Waals surface area (Å²) in [5.74, 6) is 0.333. The molecule has 0 aliphatic carbocycles. The van der Waals surface area contributed by atoms with Gasteiger partial charge in [0.25, 0.3) is 0 Å². The third-order valence-corrected chi connectivity index (χ3v) is 5.41. The van der Waals surface area contributed by atoms with Crippen LogP contribution in [0.15, 0.2) is 0 Å². The van der Waals surface area contributed by atoms with Gasteiger partial charge in [0, 0.05) is 19.0 Å². The Morgan fingerprint density at radius 1 is 0.800 bits per heavy atom. The van der Waals surface area contributed by atoms with E-state index in [-0.39, 0.29) is 13.2 Å². The first kappa shape index (κ1) is 29.5. The summed E-state index contributed by atoms with van der Waals surface area (Å²) in [5, 5.41) is 12.2. The number of halogens is 1. The van der Waals surface area contributed by atoms with Crippen LogP contribution in [0.2, 0.25) is 0 Å². The number of alkyl carbamates (subject to hydrolysis) is 1. The fourth-order valence-electron chi connectivity index (χ4n) is 3.39. The van der Waals surface area contributed by atoms with Crippen LogP contribution in [0.25, 0.3) is 0 Å². The lowest BCUT2D eigenvalue weighted by Crippen LogP contribution is -2.31. The highest BCUT2D eigenvalue weighted by atomic mass is 35.5. The van der Waals surface area contributed by atoms with Crippen LogP contribution in [0.4, 0.5) is 4.79 Å². The highest BCUT2D eigenvalue weighted by molar-refractivity contribution is 6.18. The van der Waals surface area contributed by atoms with E-state index < -0.39 is 12.2 Å². The number of hydrogen-bond acceptors (Lipinski definition) is 4. The molecule has 1 amide bonds. The molecular formula is C24H48ClNO4. The number of carbonyl (C=O) groups is 1. The number of aliphatic hydroxyl groups excluding tert-OH is 1. The molecule has 0 fully saturated rings. The normalized spacial score (nSPS) is 12.1. The first-order valence-corrected chi connectivity index (χ1v) is 13.0. The van der Waals surface area contributed by atoms with Crippen molar-refractivity contribution in [3.05, 3.63) is 0 Å². The van der Waals surface area contributed by atoms with Gasteiger partial charge in [0.1, 0.15) is 12.7 Å². The van der Waals surface area contributed by atoms with Gasteiger partial charge in [-0.1, -0.05) is 103 Å². The summed E-state index contributed by atoms with van der Waals surface area (Å²) >= 11 is 5.46. The number of carbonyl (C=O) groups excluding carboxylic acids is 1. The molecule has 0 saturated carbocycles. The quantitative estimate of drug-likeness (QED) is 0.136. The Hall–Kier alpha value is -0.520. The van der Waals surface area contributed by atoms with E-state index in [1.54, 1.807) is 0 Å². The lowest BCUT2D eigenvalue weighted by atomic mass is 10.0. The number of aliphatic hydroxyl groups is 1. The van der Waals surface area contributed by atoms with E-state index in [1.165, 1.54) is 96.3 Å². The molecule has 0 rings (SSSR count). The number of nitrogens with one attached hydrogen (secondary N) is 1. The summed E-state index contributed by atoms with van der Waals surface area (Å²) in [6.45, 7) is 3.41. The average Bonchev–Trinajstić information content (AvgIpc) is 2.75. The zero-order chi connectivity index (χ0) is 22.1. The van der Waals surface area contributed by atoms with E-state index in [9.17, 15) is 9.90 Å². The highest BCUT2D eigenvalue weighted by Crippen LogP contribution is 2.13. The molecular weight excluding hydrogens is 402 g/mol. The van der Waals surface area contributed by atoms with E-state index in [2.05, 4.69) is 12.2 Å². The molecule has 180 valence electrons. The number of alkyl halides is 1. The van der Waals surface area contributed by atoms with Gasteiger partial charge in [-0.3, -0.25) is 0 Å². The zero-order valence-corrected chi connectivity index (χ0v) is 20.2. The number of ether oxygens (including phenoxy) is 2. The van der Waals surface area contributed by atoms with Gasteiger partial charge in [0.2, 0.25) is 0 Å². The maximum absolute atomic E-state index is 11.2. The minimum Gasteiger partial charge on any atom is -0.447 e. The standard InChI is InChI=1S/C24H48ClNO4/c1-2-3-4-5-6-7-8-9-10-11-12-13-14-15-16-17-20-29-21-23(27)22-30-24(28)26-19-18-25/h23,27H,2-22H2,1H3,(H,26,28)/t23-/m1/s1. The molecule has 0 spiro atoms. The maximum Gasteiger partial charge on any atom is 0.407 e. The van der Waals surface area contributed by atoms with Gasteiger partial charge in [0.15, 0.2) is 0 Å². The van der Waals surface area contributed by atoms with Crippen molar-refractivity contribution in [2.75, 3.05) is 32.2 Å². The average molecular weight is 450 g/mol. The van der Waals surface area contributed by atoms with E-state index in [0.29, 0.717) is 19.0 Å². The van der Waals surface area contributed by atoms with Crippen molar-refractivity contribution in [1.29, 1.82) is 0 Å². The minimum absolute atomic E-state index is 0.0624. The molecule has 0 aromatic carbocycles. The van der Waals surface area contributed by atoms with E-state index >= 15 is 0 Å². The molecule has 6 heteroatoms. The van der Waals surface area contributed by atoms with E-state index in [4.69, 9.17) is 21.1 Å². The molecule has 0 saturated heterocycles. The van der Waals surface area contributed by atoms with Gasteiger partial charge < -0.3 is 19.9 Å². The van der Waals surface area contributed by atoms with E-state index in [1.807, 2.05) is 0 Å². The lowest BCUT2D eigenvalue weighted by molar-refractivity contribution is -0.000743. The molecule has 0 aromatic rings. The van der Waals surface area contributed by atoms with Crippen LogP contribution in [0, 0.1) is 0 Å².